The Bertz CT molecular complexity index is 415. The maximum atomic E-state index is 11.7. The van der Waals surface area contributed by atoms with Gasteiger partial charge in [-0.05, 0) is 12.5 Å². The number of nitrogens with zero attached hydrogens (tertiary/aromatic N) is 2. The van der Waals surface area contributed by atoms with Crippen molar-refractivity contribution < 1.29 is 14.7 Å². The number of hydrogen-bond donors (Lipinski definition) is 2. The second-order valence-electron chi connectivity index (χ2n) is 4.42. The highest BCUT2D eigenvalue weighted by Crippen LogP contribution is 2.00. The third kappa shape index (κ3) is 6.03. The summed E-state index contributed by atoms with van der Waals surface area (Å²) in [5, 5.41) is 15.4. The molecule has 1 amide bonds. The highest BCUT2D eigenvalue weighted by atomic mass is 16.4. The Labute approximate surface area is 112 Å². The third-order valence-corrected chi connectivity index (χ3v) is 2.74. The molecular formula is C13H21N3O3. The molecule has 0 aliphatic carbocycles. The summed E-state index contributed by atoms with van der Waals surface area (Å²) in [6.45, 7) is 3.07. The maximum absolute atomic E-state index is 11.7. The lowest BCUT2D eigenvalue weighted by molar-refractivity contribution is -0.137. The number of rotatable bonds is 9. The van der Waals surface area contributed by atoms with E-state index in [1.54, 1.807) is 12.3 Å². The highest BCUT2D eigenvalue weighted by Gasteiger charge is 2.09. The van der Waals surface area contributed by atoms with Crippen LogP contribution in [0.3, 0.4) is 0 Å². The van der Waals surface area contributed by atoms with Crippen molar-refractivity contribution in [2.24, 2.45) is 0 Å². The normalized spacial score (nSPS) is 10.4. The Hall–Kier alpha value is -1.85. The van der Waals surface area contributed by atoms with Crippen LogP contribution in [0.5, 0.6) is 0 Å². The first-order valence-electron chi connectivity index (χ1n) is 6.67. The van der Waals surface area contributed by atoms with Gasteiger partial charge < -0.3 is 10.4 Å². The molecule has 0 unspecified atom stereocenters. The minimum atomic E-state index is -0.877. The molecule has 0 saturated carbocycles. The van der Waals surface area contributed by atoms with Crippen molar-refractivity contribution in [1.82, 2.24) is 15.1 Å². The molecular weight excluding hydrogens is 246 g/mol. The second-order valence-corrected chi connectivity index (χ2v) is 4.42. The van der Waals surface area contributed by atoms with Crippen LogP contribution in [0.15, 0.2) is 12.3 Å². The monoisotopic (exact) mass is 267 g/mol. The summed E-state index contributed by atoms with van der Waals surface area (Å²) in [7, 11) is 0. The van der Waals surface area contributed by atoms with E-state index in [4.69, 9.17) is 5.11 Å². The SMILES string of the molecule is CCCCCCNC(=O)c1ccn(CCC(=O)O)n1. The van der Waals surface area contributed by atoms with Gasteiger partial charge in [-0.1, -0.05) is 26.2 Å². The van der Waals surface area contributed by atoms with Crippen LogP contribution < -0.4 is 5.32 Å². The van der Waals surface area contributed by atoms with Crippen LogP contribution in [-0.4, -0.2) is 33.3 Å². The predicted molar refractivity (Wildman–Crippen MR) is 71.0 cm³/mol. The van der Waals surface area contributed by atoms with Crippen LogP contribution in [0.25, 0.3) is 0 Å². The molecule has 2 N–H and O–H groups in total. The van der Waals surface area contributed by atoms with Gasteiger partial charge in [-0.2, -0.15) is 5.10 Å². The standard InChI is InChI=1S/C13H21N3O3/c1-2-3-4-5-8-14-13(19)11-6-9-16(15-11)10-7-12(17)18/h6,9H,2-5,7-8,10H2,1H3,(H,14,19)(H,17,18). The summed E-state index contributed by atoms with van der Waals surface area (Å²) < 4.78 is 1.47. The molecule has 0 saturated heterocycles. The first-order chi connectivity index (χ1) is 9.13. The molecule has 6 heteroatoms. The van der Waals surface area contributed by atoms with E-state index in [0.29, 0.717) is 12.2 Å². The summed E-state index contributed by atoms with van der Waals surface area (Å²) in [6, 6.07) is 1.60. The molecule has 106 valence electrons. The largest absolute Gasteiger partial charge is 0.481 e. The smallest absolute Gasteiger partial charge is 0.305 e. The van der Waals surface area contributed by atoms with E-state index in [9.17, 15) is 9.59 Å². The van der Waals surface area contributed by atoms with Crippen molar-refractivity contribution in [3.8, 4) is 0 Å². The van der Waals surface area contributed by atoms with Crippen molar-refractivity contribution in [3.63, 3.8) is 0 Å². The van der Waals surface area contributed by atoms with Crippen molar-refractivity contribution >= 4 is 11.9 Å². The molecule has 0 fully saturated rings. The molecule has 0 bridgehead atoms. The van der Waals surface area contributed by atoms with Gasteiger partial charge in [0.2, 0.25) is 0 Å². The molecule has 1 aromatic rings. The molecule has 1 heterocycles. The Morgan fingerprint density at radius 1 is 1.37 bits per heavy atom. The maximum Gasteiger partial charge on any atom is 0.305 e. The Morgan fingerprint density at radius 3 is 2.84 bits per heavy atom. The van der Waals surface area contributed by atoms with Gasteiger partial charge in [-0.15, -0.1) is 0 Å². The Morgan fingerprint density at radius 2 is 2.16 bits per heavy atom. The molecule has 1 rings (SSSR count). The van der Waals surface area contributed by atoms with Crippen LogP contribution in [-0.2, 0) is 11.3 Å². The summed E-state index contributed by atoms with van der Waals surface area (Å²) >= 11 is 0. The number of aromatic nitrogens is 2. The molecule has 0 atom stereocenters. The molecule has 0 radical (unpaired) electrons. The van der Waals surface area contributed by atoms with Crippen LogP contribution in [0, 0.1) is 0 Å². The van der Waals surface area contributed by atoms with Gasteiger partial charge in [0.05, 0.1) is 13.0 Å². The minimum absolute atomic E-state index is 0.000241. The number of carboxylic acids is 1. The number of hydrogen-bond acceptors (Lipinski definition) is 3. The second kappa shape index (κ2) is 8.29. The van der Waals surface area contributed by atoms with Gasteiger partial charge in [0.25, 0.3) is 5.91 Å². The minimum Gasteiger partial charge on any atom is -0.481 e. The zero-order chi connectivity index (χ0) is 14.1. The van der Waals surface area contributed by atoms with E-state index >= 15 is 0 Å². The molecule has 0 aliphatic heterocycles. The topological polar surface area (TPSA) is 84.2 Å². The van der Waals surface area contributed by atoms with Gasteiger partial charge in [-0.3, -0.25) is 14.3 Å². The summed E-state index contributed by atoms with van der Waals surface area (Å²) in [4.78, 5) is 22.1. The van der Waals surface area contributed by atoms with E-state index in [1.165, 1.54) is 17.5 Å². The summed E-state index contributed by atoms with van der Waals surface area (Å²) in [5.41, 5.74) is 0.334. The van der Waals surface area contributed by atoms with E-state index < -0.39 is 5.97 Å². The third-order valence-electron chi connectivity index (χ3n) is 2.74. The van der Waals surface area contributed by atoms with Crippen molar-refractivity contribution in [2.75, 3.05) is 6.54 Å². The van der Waals surface area contributed by atoms with Gasteiger partial charge in [0.1, 0.15) is 5.69 Å². The zero-order valence-electron chi connectivity index (χ0n) is 11.3. The van der Waals surface area contributed by atoms with Gasteiger partial charge in [0, 0.05) is 12.7 Å². The highest BCUT2D eigenvalue weighted by molar-refractivity contribution is 5.92. The molecule has 1 aromatic heterocycles. The van der Waals surface area contributed by atoms with E-state index in [0.717, 1.165) is 12.8 Å². The van der Waals surface area contributed by atoms with E-state index in [2.05, 4.69) is 17.3 Å². The van der Waals surface area contributed by atoms with Crippen molar-refractivity contribution in [1.29, 1.82) is 0 Å². The van der Waals surface area contributed by atoms with Crippen molar-refractivity contribution in [2.45, 2.75) is 45.6 Å². The van der Waals surface area contributed by atoms with Gasteiger partial charge >= 0.3 is 5.97 Å². The van der Waals surface area contributed by atoms with Crippen LogP contribution >= 0.6 is 0 Å². The fourth-order valence-corrected chi connectivity index (χ4v) is 1.66. The number of unbranched alkanes of at least 4 members (excludes halogenated alkanes) is 3. The van der Waals surface area contributed by atoms with E-state index in [-0.39, 0.29) is 18.9 Å². The lowest BCUT2D eigenvalue weighted by Crippen LogP contribution is -2.25. The van der Waals surface area contributed by atoms with Gasteiger partial charge in [0.15, 0.2) is 0 Å². The molecule has 0 aromatic carbocycles. The lowest BCUT2D eigenvalue weighted by atomic mass is 10.2. The number of amides is 1. The molecule has 19 heavy (non-hydrogen) atoms. The summed E-state index contributed by atoms with van der Waals surface area (Å²) in [5.74, 6) is -1.08. The summed E-state index contributed by atoms with van der Waals surface area (Å²) in [6.07, 6.45) is 6.06. The van der Waals surface area contributed by atoms with Crippen molar-refractivity contribution in [3.05, 3.63) is 18.0 Å². The lowest BCUT2D eigenvalue weighted by Gasteiger charge is -2.02. The zero-order valence-corrected chi connectivity index (χ0v) is 11.3. The van der Waals surface area contributed by atoms with Crippen LogP contribution in [0.2, 0.25) is 0 Å². The average molecular weight is 267 g/mol. The number of carbonyl (C=O) groups is 2. The van der Waals surface area contributed by atoms with Gasteiger partial charge in [-0.25, -0.2) is 0 Å². The average Bonchev–Trinajstić information content (AvgIpc) is 2.84. The number of nitrogens with one attached hydrogen (secondary N) is 1. The first kappa shape index (κ1) is 15.2. The number of carbonyl (C=O) groups excluding carboxylic acids is 1. The van der Waals surface area contributed by atoms with Crippen LogP contribution in [0.1, 0.15) is 49.5 Å². The predicted octanol–water partition coefficient (Wildman–Crippen LogP) is 1.67. The fraction of sp³-hybridized carbons (Fsp3) is 0.615. The molecule has 0 aliphatic rings. The number of carboxylic acid groups (broad SMARTS) is 1. The Balaban J connectivity index is 2.30. The van der Waals surface area contributed by atoms with Crippen LogP contribution in [0.4, 0.5) is 0 Å². The quantitative estimate of drug-likeness (QED) is 0.666. The first-order valence-corrected chi connectivity index (χ1v) is 6.67. The van der Waals surface area contributed by atoms with E-state index in [1.807, 2.05) is 0 Å². The molecule has 0 spiro atoms. The molecule has 6 nitrogen and oxygen atoms in total. The Kier molecular flexibility index (Phi) is 6.63. The fourth-order valence-electron chi connectivity index (χ4n) is 1.66. The number of aryl methyl sites for hydroxylation is 1. The number of aliphatic carboxylic acids is 1.